The van der Waals surface area contributed by atoms with Gasteiger partial charge in [0, 0.05) is 11.8 Å². The molecule has 1 rings (SSSR count). The molecule has 1 N–H and O–H groups in total. The van der Waals surface area contributed by atoms with Crippen LogP contribution in [0.15, 0.2) is 0 Å². The third kappa shape index (κ3) is 1.89. The van der Waals surface area contributed by atoms with Crippen LogP contribution in [0.4, 0.5) is 0 Å². The zero-order valence-electron chi connectivity index (χ0n) is 7.05. The van der Waals surface area contributed by atoms with Gasteiger partial charge in [0.25, 0.3) is 0 Å². The number of hydrogen-bond donors (Lipinski definition) is 1. The Morgan fingerprint density at radius 1 is 1.70 bits per heavy atom. The van der Waals surface area contributed by atoms with E-state index in [0.29, 0.717) is 0 Å². The molecule has 0 radical (unpaired) electrons. The Kier molecular flexibility index (Phi) is 3.05. The van der Waals surface area contributed by atoms with Crippen LogP contribution in [0, 0.1) is 5.92 Å². The first-order valence-corrected chi connectivity index (χ1v) is 5.07. The van der Waals surface area contributed by atoms with E-state index in [1.165, 1.54) is 13.0 Å². The first-order valence-electron chi connectivity index (χ1n) is 4.13. The normalized spacial score (nSPS) is 36.3. The van der Waals surface area contributed by atoms with E-state index in [9.17, 15) is 0 Å². The van der Waals surface area contributed by atoms with Crippen LogP contribution in [0.3, 0.4) is 0 Å². The van der Waals surface area contributed by atoms with Crippen molar-refractivity contribution in [2.24, 2.45) is 5.92 Å². The van der Waals surface area contributed by atoms with Crippen molar-refractivity contribution < 1.29 is 0 Å². The van der Waals surface area contributed by atoms with Gasteiger partial charge in [0.2, 0.25) is 0 Å². The van der Waals surface area contributed by atoms with E-state index < -0.39 is 0 Å². The summed E-state index contributed by atoms with van der Waals surface area (Å²) in [5.41, 5.74) is 0. The molecule has 1 fully saturated rings. The molecule has 1 aliphatic rings. The second-order valence-corrected chi connectivity index (χ2v) is 4.75. The molecule has 3 atom stereocenters. The van der Waals surface area contributed by atoms with Crippen molar-refractivity contribution in [3.63, 3.8) is 0 Å². The molecule has 1 nitrogen and oxygen atoms in total. The van der Waals surface area contributed by atoms with E-state index in [1.54, 1.807) is 0 Å². The average molecular weight is 159 g/mol. The Hall–Kier alpha value is 0.310. The van der Waals surface area contributed by atoms with Gasteiger partial charge >= 0.3 is 0 Å². The maximum Gasteiger partial charge on any atom is 0.0561 e. The maximum atomic E-state index is 3.52. The standard InChI is InChI=1S/C8H17NS/c1-4-6(2)8-9-5-7(3)10-8/h6-9H,4-5H2,1-3H3. The molecule has 10 heavy (non-hydrogen) atoms. The predicted octanol–water partition coefficient (Wildman–Crippen LogP) is 2.08. The molecule has 0 aromatic rings. The van der Waals surface area contributed by atoms with Crippen LogP contribution in [0.1, 0.15) is 27.2 Å². The van der Waals surface area contributed by atoms with Crippen LogP contribution in [0.25, 0.3) is 0 Å². The maximum absolute atomic E-state index is 3.52. The van der Waals surface area contributed by atoms with Crippen LogP contribution < -0.4 is 5.32 Å². The number of rotatable bonds is 2. The van der Waals surface area contributed by atoms with Gasteiger partial charge in [-0.3, -0.25) is 0 Å². The predicted molar refractivity (Wildman–Crippen MR) is 48.3 cm³/mol. The highest BCUT2D eigenvalue weighted by Crippen LogP contribution is 2.28. The van der Waals surface area contributed by atoms with Gasteiger partial charge < -0.3 is 5.32 Å². The summed E-state index contributed by atoms with van der Waals surface area (Å²) < 4.78 is 0. The second-order valence-electron chi connectivity index (χ2n) is 3.16. The SMILES string of the molecule is CCC(C)C1NCC(C)S1. The molecule has 0 aromatic carbocycles. The van der Waals surface area contributed by atoms with E-state index in [-0.39, 0.29) is 0 Å². The third-order valence-corrected chi connectivity index (χ3v) is 3.70. The summed E-state index contributed by atoms with van der Waals surface area (Å²) in [4.78, 5) is 0. The van der Waals surface area contributed by atoms with Crippen molar-refractivity contribution in [2.45, 2.75) is 37.8 Å². The lowest BCUT2D eigenvalue weighted by Crippen LogP contribution is -2.26. The Morgan fingerprint density at radius 3 is 2.80 bits per heavy atom. The molecular weight excluding hydrogens is 142 g/mol. The van der Waals surface area contributed by atoms with Crippen LogP contribution >= 0.6 is 11.8 Å². The Morgan fingerprint density at radius 2 is 2.40 bits per heavy atom. The van der Waals surface area contributed by atoms with Gasteiger partial charge in [-0.25, -0.2) is 0 Å². The fourth-order valence-corrected chi connectivity index (χ4v) is 2.52. The van der Waals surface area contributed by atoms with Crippen molar-refractivity contribution in [3.05, 3.63) is 0 Å². The van der Waals surface area contributed by atoms with Crippen LogP contribution in [-0.2, 0) is 0 Å². The minimum Gasteiger partial charge on any atom is -0.304 e. The molecule has 0 amide bonds. The van der Waals surface area contributed by atoms with Gasteiger partial charge in [0.15, 0.2) is 0 Å². The second kappa shape index (κ2) is 3.63. The van der Waals surface area contributed by atoms with E-state index in [0.717, 1.165) is 16.5 Å². The molecule has 1 saturated heterocycles. The van der Waals surface area contributed by atoms with E-state index in [2.05, 4.69) is 37.8 Å². The molecule has 0 spiro atoms. The fourth-order valence-electron chi connectivity index (χ4n) is 1.18. The molecular formula is C8H17NS. The van der Waals surface area contributed by atoms with Crippen LogP contribution in [0.2, 0.25) is 0 Å². The highest BCUT2D eigenvalue weighted by atomic mass is 32.2. The highest BCUT2D eigenvalue weighted by Gasteiger charge is 2.24. The number of hydrogen-bond acceptors (Lipinski definition) is 2. The first-order chi connectivity index (χ1) is 4.74. The topological polar surface area (TPSA) is 12.0 Å². The summed E-state index contributed by atoms with van der Waals surface area (Å²) in [6.45, 7) is 8.07. The van der Waals surface area contributed by atoms with Gasteiger partial charge in [-0.1, -0.05) is 27.2 Å². The largest absolute Gasteiger partial charge is 0.304 e. The van der Waals surface area contributed by atoms with Crippen LogP contribution in [-0.4, -0.2) is 17.2 Å². The molecule has 60 valence electrons. The van der Waals surface area contributed by atoms with Crippen molar-refractivity contribution in [1.82, 2.24) is 5.32 Å². The minimum atomic E-state index is 0.722. The van der Waals surface area contributed by atoms with Crippen molar-refractivity contribution in [1.29, 1.82) is 0 Å². The van der Waals surface area contributed by atoms with Crippen LogP contribution in [0.5, 0.6) is 0 Å². The molecule has 2 heteroatoms. The van der Waals surface area contributed by atoms with Gasteiger partial charge in [-0.2, -0.15) is 0 Å². The van der Waals surface area contributed by atoms with E-state index >= 15 is 0 Å². The minimum absolute atomic E-state index is 0.722. The zero-order chi connectivity index (χ0) is 7.56. The summed E-state index contributed by atoms with van der Waals surface area (Å²) in [5, 5.41) is 5.06. The van der Waals surface area contributed by atoms with Gasteiger partial charge in [0.1, 0.15) is 0 Å². The van der Waals surface area contributed by atoms with Gasteiger partial charge in [-0.15, -0.1) is 11.8 Å². The van der Waals surface area contributed by atoms with Crippen molar-refractivity contribution in [3.8, 4) is 0 Å². The van der Waals surface area contributed by atoms with E-state index in [1.807, 2.05) is 0 Å². The monoisotopic (exact) mass is 159 g/mol. The summed E-state index contributed by atoms with van der Waals surface area (Å²) in [6.07, 6.45) is 1.29. The smallest absolute Gasteiger partial charge is 0.0561 e. The fraction of sp³-hybridized carbons (Fsp3) is 1.00. The molecule has 1 heterocycles. The lowest BCUT2D eigenvalue weighted by molar-refractivity contribution is 0.486. The highest BCUT2D eigenvalue weighted by molar-refractivity contribution is 8.00. The number of thioether (sulfide) groups is 1. The number of nitrogens with one attached hydrogen (secondary N) is 1. The third-order valence-electron chi connectivity index (χ3n) is 2.15. The lowest BCUT2D eigenvalue weighted by atomic mass is 10.1. The quantitative estimate of drug-likeness (QED) is 0.662. The Labute approximate surface area is 68.0 Å². The molecule has 0 aliphatic carbocycles. The Bertz CT molecular complexity index is 105. The molecule has 0 bridgehead atoms. The molecule has 1 aliphatic heterocycles. The lowest BCUT2D eigenvalue weighted by Gasteiger charge is -2.16. The van der Waals surface area contributed by atoms with E-state index in [4.69, 9.17) is 0 Å². The first kappa shape index (κ1) is 8.41. The average Bonchev–Trinajstić information content (AvgIpc) is 2.34. The molecule has 0 aromatic heterocycles. The zero-order valence-corrected chi connectivity index (χ0v) is 7.87. The van der Waals surface area contributed by atoms with Crippen molar-refractivity contribution >= 4 is 11.8 Å². The summed E-state index contributed by atoms with van der Waals surface area (Å²) >= 11 is 2.09. The summed E-state index contributed by atoms with van der Waals surface area (Å²) in [7, 11) is 0. The molecule has 0 saturated carbocycles. The summed E-state index contributed by atoms with van der Waals surface area (Å²) in [5.74, 6) is 0.829. The molecule has 3 unspecified atom stereocenters. The summed E-state index contributed by atoms with van der Waals surface area (Å²) in [6, 6.07) is 0. The van der Waals surface area contributed by atoms with Crippen molar-refractivity contribution in [2.75, 3.05) is 6.54 Å². The Balaban J connectivity index is 2.29. The van der Waals surface area contributed by atoms with Gasteiger partial charge in [0.05, 0.1) is 5.37 Å². The van der Waals surface area contributed by atoms with Gasteiger partial charge in [-0.05, 0) is 5.92 Å².